The summed E-state index contributed by atoms with van der Waals surface area (Å²) in [4.78, 5) is 47.4. The van der Waals surface area contributed by atoms with Crippen molar-refractivity contribution in [2.45, 2.75) is 45.5 Å². The lowest BCUT2D eigenvalue weighted by Gasteiger charge is -2.34. The fourth-order valence-corrected chi connectivity index (χ4v) is 2.95. The smallest absolute Gasteiger partial charge is 0.303 e. The molecule has 0 heterocycles. The third kappa shape index (κ3) is 5.42. The second kappa shape index (κ2) is 9.16. The minimum atomic E-state index is -1.06. The number of ketones is 1. The van der Waals surface area contributed by atoms with E-state index in [1.165, 1.54) is 34.0 Å². The highest BCUT2D eigenvalue weighted by Crippen LogP contribution is 2.29. The molecule has 0 radical (unpaired) electrons. The molecule has 1 aromatic carbocycles. The van der Waals surface area contributed by atoms with E-state index in [0.29, 0.717) is 11.3 Å². The van der Waals surface area contributed by atoms with Gasteiger partial charge in [-0.2, -0.15) is 0 Å². The van der Waals surface area contributed by atoms with Gasteiger partial charge >= 0.3 is 17.9 Å². The molecular formula is C20H22O8. The number of ether oxygens (including phenoxy) is 4. The molecule has 1 aliphatic rings. The first-order chi connectivity index (χ1) is 13.2. The molecule has 1 aliphatic carbocycles. The van der Waals surface area contributed by atoms with E-state index in [2.05, 4.69) is 0 Å². The number of rotatable bonds is 6. The maximum atomic E-state index is 12.9. The van der Waals surface area contributed by atoms with Crippen molar-refractivity contribution in [2.75, 3.05) is 7.11 Å². The summed E-state index contributed by atoms with van der Waals surface area (Å²) in [6, 6.07) is 6.49. The first-order valence-corrected chi connectivity index (χ1v) is 8.62. The Labute approximate surface area is 162 Å². The molecule has 150 valence electrons. The number of hydrogen-bond acceptors (Lipinski definition) is 8. The lowest BCUT2D eigenvalue weighted by Crippen LogP contribution is -2.47. The number of carbonyl (C=O) groups is 4. The fourth-order valence-electron chi connectivity index (χ4n) is 2.95. The van der Waals surface area contributed by atoms with Gasteiger partial charge in [-0.3, -0.25) is 19.2 Å². The van der Waals surface area contributed by atoms with Crippen molar-refractivity contribution in [1.29, 1.82) is 0 Å². The minimum absolute atomic E-state index is 0.0140. The second-order valence-corrected chi connectivity index (χ2v) is 6.25. The highest BCUT2D eigenvalue weighted by molar-refractivity contribution is 6.09. The van der Waals surface area contributed by atoms with Crippen molar-refractivity contribution in [3.8, 4) is 5.75 Å². The van der Waals surface area contributed by atoms with Crippen LogP contribution in [0.4, 0.5) is 0 Å². The molecule has 0 saturated carbocycles. The summed E-state index contributed by atoms with van der Waals surface area (Å²) in [6.07, 6.45) is -1.62. The van der Waals surface area contributed by atoms with E-state index >= 15 is 0 Å². The lowest BCUT2D eigenvalue weighted by atomic mass is 9.87. The Morgan fingerprint density at radius 3 is 1.93 bits per heavy atom. The van der Waals surface area contributed by atoms with Crippen molar-refractivity contribution >= 4 is 23.7 Å². The third-order valence-electron chi connectivity index (χ3n) is 4.04. The quantitative estimate of drug-likeness (QED) is 0.413. The summed E-state index contributed by atoms with van der Waals surface area (Å²) >= 11 is 0. The summed E-state index contributed by atoms with van der Waals surface area (Å²) in [5, 5.41) is 0. The molecule has 0 unspecified atom stereocenters. The van der Waals surface area contributed by atoms with Crippen LogP contribution in [0.1, 0.15) is 37.6 Å². The van der Waals surface area contributed by atoms with Crippen molar-refractivity contribution < 1.29 is 38.1 Å². The zero-order valence-corrected chi connectivity index (χ0v) is 16.1. The molecule has 0 aliphatic heterocycles. The van der Waals surface area contributed by atoms with Crippen LogP contribution in [0.15, 0.2) is 35.9 Å². The van der Waals surface area contributed by atoms with E-state index in [1.807, 2.05) is 0 Å². The Balaban J connectivity index is 2.39. The largest absolute Gasteiger partial charge is 0.497 e. The molecule has 2 rings (SSSR count). The molecule has 0 spiro atoms. The summed E-state index contributed by atoms with van der Waals surface area (Å²) in [5.41, 5.74) is 0.673. The van der Waals surface area contributed by atoms with Gasteiger partial charge < -0.3 is 18.9 Å². The summed E-state index contributed by atoms with van der Waals surface area (Å²) in [7, 11) is 1.52. The van der Waals surface area contributed by atoms with Gasteiger partial charge in [-0.05, 0) is 30.3 Å². The van der Waals surface area contributed by atoms with Crippen LogP contribution in [0.2, 0.25) is 0 Å². The van der Waals surface area contributed by atoms with Crippen LogP contribution in [0.3, 0.4) is 0 Å². The average Bonchev–Trinajstić information content (AvgIpc) is 2.62. The molecule has 0 aromatic heterocycles. The van der Waals surface area contributed by atoms with Crippen molar-refractivity contribution in [2.24, 2.45) is 0 Å². The molecule has 8 nitrogen and oxygen atoms in total. The normalized spacial score (nSPS) is 21.1. The zero-order chi connectivity index (χ0) is 20.8. The Bertz CT molecular complexity index is 793. The SMILES string of the molecule is COc1ccc(C(=O)C2=C[C@@H](OC(C)=O)[C@@H](OC(C)=O)[C@H](OC(C)=O)C2)cc1. The lowest BCUT2D eigenvalue weighted by molar-refractivity contribution is -0.180. The molecule has 0 saturated heterocycles. The molecule has 0 fully saturated rings. The topological polar surface area (TPSA) is 105 Å². The molecule has 0 amide bonds. The number of carbonyl (C=O) groups excluding carboxylic acids is 4. The molecule has 3 atom stereocenters. The summed E-state index contributed by atoms with van der Waals surface area (Å²) < 4.78 is 20.8. The number of benzene rings is 1. The molecular weight excluding hydrogens is 368 g/mol. The van der Waals surface area contributed by atoms with Crippen molar-refractivity contribution in [3.05, 3.63) is 41.5 Å². The molecule has 1 aromatic rings. The van der Waals surface area contributed by atoms with Crippen LogP contribution in [0.25, 0.3) is 0 Å². The van der Waals surface area contributed by atoms with Crippen molar-refractivity contribution in [3.63, 3.8) is 0 Å². The standard InChI is InChI=1S/C20H22O8/c1-11(21)26-17-9-15(19(24)14-5-7-16(25-4)8-6-14)10-18(27-12(2)22)20(17)28-13(3)23/h5-9,17-18,20H,10H2,1-4H3/t17-,18-,20-/m1/s1. The molecule has 8 heteroatoms. The Morgan fingerprint density at radius 1 is 0.857 bits per heavy atom. The van der Waals surface area contributed by atoms with Crippen LogP contribution in [0.5, 0.6) is 5.75 Å². The van der Waals surface area contributed by atoms with Crippen molar-refractivity contribution in [1.82, 2.24) is 0 Å². The Hall–Kier alpha value is -3.16. The molecule has 0 N–H and O–H groups in total. The van der Waals surface area contributed by atoms with E-state index in [-0.39, 0.29) is 17.8 Å². The fraction of sp³-hybridized carbons (Fsp3) is 0.400. The van der Waals surface area contributed by atoms with Crippen LogP contribution in [-0.2, 0) is 28.6 Å². The van der Waals surface area contributed by atoms with Crippen LogP contribution in [-0.4, -0.2) is 49.1 Å². The first-order valence-electron chi connectivity index (χ1n) is 8.62. The first kappa shape index (κ1) is 21.1. The highest BCUT2D eigenvalue weighted by Gasteiger charge is 2.41. The predicted octanol–water partition coefficient (Wildman–Crippen LogP) is 2.00. The van der Waals surface area contributed by atoms with E-state index < -0.39 is 36.2 Å². The van der Waals surface area contributed by atoms with Gasteiger partial charge in [-0.15, -0.1) is 0 Å². The van der Waals surface area contributed by atoms with Crippen LogP contribution < -0.4 is 4.74 Å². The van der Waals surface area contributed by atoms with Crippen LogP contribution >= 0.6 is 0 Å². The number of esters is 3. The zero-order valence-electron chi connectivity index (χ0n) is 16.1. The number of Topliss-reactive ketones (excluding diaryl/α,β-unsaturated/α-hetero) is 1. The summed E-state index contributed by atoms with van der Waals surface area (Å²) in [5.74, 6) is -1.59. The van der Waals surface area contributed by atoms with Gasteiger partial charge in [0.25, 0.3) is 0 Å². The minimum Gasteiger partial charge on any atom is -0.497 e. The van der Waals surface area contributed by atoms with Crippen LogP contribution in [0, 0.1) is 0 Å². The maximum absolute atomic E-state index is 12.9. The number of methoxy groups -OCH3 is 1. The third-order valence-corrected chi connectivity index (χ3v) is 4.04. The number of hydrogen-bond donors (Lipinski definition) is 0. The van der Waals surface area contributed by atoms with Gasteiger partial charge in [-0.25, -0.2) is 0 Å². The van der Waals surface area contributed by atoms with Gasteiger partial charge in [0.15, 0.2) is 18.0 Å². The second-order valence-electron chi connectivity index (χ2n) is 6.25. The van der Waals surface area contributed by atoms with Gasteiger partial charge in [0, 0.05) is 38.3 Å². The average molecular weight is 390 g/mol. The predicted molar refractivity (Wildman–Crippen MR) is 96.7 cm³/mol. The van der Waals surface area contributed by atoms with E-state index in [1.54, 1.807) is 24.3 Å². The Morgan fingerprint density at radius 2 is 1.43 bits per heavy atom. The van der Waals surface area contributed by atoms with Gasteiger partial charge in [-0.1, -0.05) is 0 Å². The summed E-state index contributed by atoms with van der Waals surface area (Å²) in [6.45, 7) is 3.59. The highest BCUT2D eigenvalue weighted by atomic mass is 16.6. The van der Waals surface area contributed by atoms with Gasteiger partial charge in [0.2, 0.25) is 0 Å². The Kier molecular flexibility index (Phi) is 6.92. The van der Waals surface area contributed by atoms with E-state index in [4.69, 9.17) is 18.9 Å². The molecule has 28 heavy (non-hydrogen) atoms. The molecule has 0 bridgehead atoms. The van der Waals surface area contributed by atoms with Gasteiger partial charge in [0.1, 0.15) is 11.9 Å². The van der Waals surface area contributed by atoms with E-state index in [0.717, 1.165) is 0 Å². The maximum Gasteiger partial charge on any atom is 0.303 e. The van der Waals surface area contributed by atoms with E-state index in [9.17, 15) is 19.2 Å². The monoisotopic (exact) mass is 390 g/mol. The van der Waals surface area contributed by atoms with Gasteiger partial charge in [0.05, 0.1) is 7.11 Å².